The molecule has 0 aliphatic rings. The van der Waals surface area contributed by atoms with E-state index in [1.54, 1.807) is 12.3 Å². The Morgan fingerprint density at radius 2 is 1.68 bits per heavy atom. The van der Waals surface area contributed by atoms with Crippen molar-refractivity contribution in [1.82, 2.24) is 9.88 Å². The molecule has 1 N–H and O–H groups in total. The standard InChI is InChI=1S/C18H23N3O/c1-3-12-21(13-4-2)18(22)17-11-10-16(14-19-17)20-15-8-6-5-7-9-15/h5-11,14,20H,3-4,12-13H2,1-2H3. The molecule has 1 heterocycles. The highest BCUT2D eigenvalue weighted by Crippen LogP contribution is 2.15. The molecule has 22 heavy (non-hydrogen) atoms. The van der Waals surface area contributed by atoms with Gasteiger partial charge < -0.3 is 10.2 Å². The van der Waals surface area contributed by atoms with Crippen molar-refractivity contribution in [3.8, 4) is 0 Å². The Kier molecular flexibility index (Phi) is 5.95. The normalized spacial score (nSPS) is 10.3. The van der Waals surface area contributed by atoms with E-state index in [0.29, 0.717) is 5.69 Å². The lowest BCUT2D eigenvalue weighted by Gasteiger charge is -2.21. The molecule has 1 aromatic carbocycles. The molecular weight excluding hydrogens is 274 g/mol. The maximum absolute atomic E-state index is 12.4. The summed E-state index contributed by atoms with van der Waals surface area (Å²) in [5.41, 5.74) is 2.38. The third-order valence-corrected chi connectivity index (χ3v) is 3.32. The minimum Gasteiger partial charge on any atom is -0.354 e. The van der Waals surface area contributed by atoms with Gasteiger partial charge in [-0.1, -0.05) is 32.0 Å². The first-order valence-corrected chi connectivity index (χ1v) is 7.82. The van der Waals surface area contributed by atoms with Gasteiger partial charge in [0.1, 0.15) is 5.69 Å². The van der Waals surface area contributed by atoms with Gasteiger partial charge in [-0.05, 0) is 37.1 Å². The Bertz CT molecular complexity index is 575. The maximum atomic E-state index is 12.4. The van der Waals surface area contributed by atoms with Gasteiger partial charge in [-0.25, -0.2) is 4.98 Å². The van der Waals surface area contributed by atoms with E-state index in [0.717, 1.165) is 37.3 Å². The molecule has 2 aromatic rings. The van der Waals surface area contributed by atoms with Crippen molar-refractivity contribution in [2.75, 3.05) is 18.4 Å². The molecule has 116 valence electrons. The highest BCUT2D eigenvalue weighted by atomic mass is 16.2. The molecule has 0 unspecified atom stereocenters. The summed E-state index contributed by atoms with van der Waals surface area (Å²) in [6.07, 6.45) is 3.62. The van der Waals surface area contributed by atoms with Crippen molar-refractivity contribution >= 4 is 17.3 Å². The number of aromatic nitrogens is 1. The minimum atomic E-state index is 0.00922. The van der Waals surface area contributed by atoms with E-state index in [-0.39, 0.29) is 5.91 Å². The highest BCUT2D eigenvalue weighted by molar-refractivity contribution is 5.92. The summed E-state index contributed by atoms with van der Waals surface area (Å²) in [7, 11) is 0. The molecule has 1 amide bonds. The number of hydrogen-bond donors (Lipinski definition) is 1. The van der Waals surface area contributed by atoms with Gasteiger partial charge in [0, 0.05) is 18.8 Å². The second-order valence-electron chi connectivity index (χ2n) is 5.22. The number of rotatable bonds is 7. The fourth-order valence-electron chi connectivity index (χ4n) is 2.30. The van der Waals surface area contributed by atoms with Crippen LogP contribution in [0.25, 0.3) is 0 Å². The van der Waals surface area contributed by atoms with Crippen LogP contribution in [-0.4, -0.2) is 28.9 Å². The first-order chi connectivity index (χ1) is 10.7. The number of hydrogen-bond acceptors (Lipinski definition) is 3. The number of nitrogens with one attached hydrogen (secondary N) is 1. The molecule has 4 heteroatoms. The zero-order chi connectivity index (χ0) is 15.8. The predicted octanol–water partition coefficient (Wildman–Crippen LogP) is 4.09. The van der Waals surface area contributed by atoms with Crippen molar-refractivity contribution in [3.05, 3.63) is 54.4 Å². The fourth-order valence-corrected chi connectivity index (χ4v) is 2.30. The molecule has 2 rings (SSSR count). The Morgan fingerprint density at radius 3 is 2.23 bits per heavy atom. The van der Waals surface area contributed by atoms with Crippen molar-refractivity contribution < 1.29 is 4.79 Å². The summed E-state index contributed by atoms with van der Waals surface area (Å²) < 4.78 is 0. The third-order valence-electron chi connectivity index (χ3n) is 3.32. The van der Waals surface area contributed by atoms with Gasteiger partial charge in [-0.3, -0.25) is 4.79 Å². The first kappa shape index (κ1) is 16.0. The van der Waals surface area contributed by atoms with E-state index in [1.807, 2.05) is 41.3 Å². The van der Waals surface area contributed by atoms with Crippen molar-refractivity contribution in [2.24, 2.45) is 0 Å². The van der Waals surface area contributed by atoms with Crippen LogP contribution in [0.3, 0.4) is 0 Å². The van der Waals surface area contributed by atoms with E-state index >= 15 is 0 Å². The van der Waals surface area contributed by atoms with Crippen LogP contribution in [0.1, 0.15) is 37.2 Å². The molecule has 0 saturated carbocycles. The number of para-hydroxylation sites is 1. The lowest BCUT2D eigenvalue weighted by atomic mass is 10.2. The molecule has 0 fully saturated rings. The van der Waals surface area contributed by atoms with Crippen molar-refractivity contribution in [3.63, 3.8) is 0 Å². The lowest BCUT2D eigenvalue weighted by molar-refractivity contribution is 0.0749. The fraction of sp³-hybridized carbons (Fsp3) is 0.333. The summed E-state index contributed by atoms with van der Waals surface area (Å²) in [6, 6.07) is 13.6. The second kappa shape index (κ2) is 8.17. The van der Waals surface area contributed by atoms with Crippen molar-refractivity contribution in [1.29, 1.82) is 0 Å². The SMILES string of the molecule is CCCN(CCC)C(=O)c1ccc(Nc2ccccc2)cn1. The average molecular weight is 297 g/mol. The van der Waals surface area contributed by atoms with Crippen LogP contribution in [0.15, 0.2) is 48.7 Å². The van der Waals surface area contributed by atoms with Crippen LogP contribution >= 0.6 is 0 Å². The zero-order valence-electron chi connectivity index (χ0n) is 13.2. The Morgan fingerprint density at radius 1 is 1.00 bits per heavy atom. The van der Waals surface area contributed by atoms with Gasteiger partial charge in [-0.15, -0.1) is 0 Å². The van der Waals surface area contributed by atoms with Crippen LogP contribution in [0.2, 0.25) is 0 Å². The van der Waals surface area contributed by atoms with Gasteiger partial charge in [0.25, 0.3) is 5.91 Å². The topological polar surface area (TPSA) is 45.2 Å². The average Bonchev–Trinajstić information content (AvgIpc) is 2.56. The van der Waals surface area contributed by atoms with E-state index in [9.17, 15) is 4.79 Å². The van der Waals surface area contributed by atoms with E-state index in [4.69, 9.17) is 0 Å². The summed E-state index contributed by atoms with van der Waals surface area (Å²) in [5.74, 6) is 0.00922. The number of amides is 1. The van der Waals surface area contributed by atoms with Gasteiger partial charge >= 0.3 is 0 Å². The van der Waals surface area contributed by atoms with Gasteiger partial charge in [-0.2, -0.15) is 0 Å². The predicted molar refractivity (Wildman–Crippen MR) is 90.4 cm³/mol. The smallest absolute Gasteiger partial charge is 0.272 e. The van der Waals surface area contributed by atoms with E-state index in [1.165, 1.54) is 0 Å². The van der Waals surface area contributed by atoms with E-state index in [2.05, 4.69) is 24.1 Å². The summed E-state index contributed by atoms with van der Waals surface area (Å²) in [6.45, 7) is 5.71. The molecule has 0 atom stereocenters. The summed E-state index contributed by atoms with van der Waals surface area (Å²) in [4.78, 5) is 18.6. The van der Waals surface area contributed by atoms with Crippen molar-refractivity contribution in [2.45, 2.75) is 26.7 Å². The van der Waals surface area contributed by atoms with Crippen LogP contribution < -0.4 is 5.32 Å². The molecule has 1 aromatic heterocycles. The molecule has 0 saturated heterocycles. The Hall–Kier alpha value is -2.36. The maximum Gasteiger partial charge on any atom is 0.272 e. The number of carbonyl (C=O) groups is 1. The number of benzene rings is 1. The third kappa shape index (κ3) is 4.32. The number of nitrogens with zero attached hydrogens (tertiary/aromatic N) is 2. The van der Waals surface area contributed by atoms with Crippen LogP contribution in [0, 0.1) is 0 Å². The highest BCUT2D eigenvalue weighted by Gasteiger charge is 2.15. The molecule has 0 aliphatic heterocycles. The Balaban J connectivity index is 2.05. The molecular formula is C18H23N3O. The lowest BCUT2D eigenvalue weighted by Crippen LogP contribution is -2.33. The molecule has 0 bridgehead atoms. The zero-order valence-corrected chi connectivity index (χ0v) is 13.2. The van der Waals surface area contributed by atoms with E-state index < -0.39 is 0 Å². The Labute approximate surface area is 132 Å². The van der Waals surface area contributed by atoms with Crippen LogP contribution in [0.5, 0.6) is 0 Å². The molecule has 0 spiro atoms. The minimum absolute atomic E-state index is 0.00922. The van der Waals surface area contributed by atoms with Gasteiger partial charge in [0.15, 0.2) is 0 Å². The molecule has 0 aliphatic carbocycles. The largest absolute Gasteiger partial charge is 0.354 e. The molecule has 4 nitrogen and oxygen atoms in total. The second-order valence-corrected chi connectivity index (χ2v) is 5.22. The first-order valence-electron chi connectivity index (χ1n) is 7.82. The van der Waals surface area contributed by atoms with Crippen LogP contribution in [0.4, 0.5) is 11.4 Å². The quantitative estimate of drug-likeness (QED) is 0.837. The summed E-state index contributed by atoms with van der Waals surface area (Å²) in [5, 5.41) is 3.26. The summed E-state index contributed by atoms with van der Waals surface area (Å²) >= 11 is 0. The van der Waals surface area contributed by atoms with Gasteiger partial charge in [0.05, 0.1) is 11.9 Å². The monoisotopic (exact) mass is 297 g/mol. The number of carbonyl (C=O) groups excluding carboxylic acids is 1. The number of pyridine rings is 1. The van der Waals surface area contributed by atoms with Gasteiger partial charge in [0.2, 0.25) is 0 Å². The molecule has 0 radical (unpaired) electrons. The van der Waals surface area contributed by atoms with Crippen LogP contribution in [-0.2, 0) is 0 Å². The number of anilines is 2.